The highest BCUT2D eigenvalue weighted by atomic mass is 35.5. The molecule has 0 bridgehead atoms. The molecule has 29 heavy (non-hydrogen) atoms. The fraction of sp³-hybridized carbons (Fsp3) is 0.273. The van der Waals surface area contributed by atoms with E-state index in [1.807, 2.05) is 25.1 Å². The predicted molar refractivity (Wildman–Crippen MR) is 115 cm³/mol. The minimum Gasteiger partial charge on any atom is -0.497 e. The molecule has 0 atom stereocenters. The van der Waals surface area contributed by atoms with Gasteiger partial charge in [0.1, 0.15) is 11.3 Å². The quantitative estimate of drug-likeness (QED) is 0.547. The van der Waals surface area contributed by atoms with Crippen LogP contribution in [0.3, 0.4) is 0 Å². The number of hydrogen-bond donors (Lipinski definition) is 1. The van der Waals surface area contributed by atoms with Crippen molar-refractivity contribution in [1.82, 2.24) is 5.32 Å². The Morgan fingerprint density at radius 1 is 1.14 bits per heavy atom. The first-order valence-electron chi connectivity index (χ1n) is 9.20. The number of fused-ring (bicyclic) bond motifs is 1. The zero-order valence-corrected chi connectivity index (χ0v) is 17.7. The summed E-state index contributed by atoms with van der Waals surface area (Å²) in [5.74, 6) is 0.483. The van der Waals surface area contributed by atoms with Crippen LogP contribution >= 0.6 is 23.2 Å². The Labute approximate surface area is 178 Å². The largest absolute Gasteiger partial charge is 0.497 e. The van der Waals surface area contributed by atoms with Crippen LogP contribution in [0, 0.1) is 6.92 Å². The maximum absolute atomic E-state index is 12.4. The lowest BCUT2D eigenvalue weighted by Gasteiger charge is -2.10. The number of halogens is 2. The second kappa shape index (κ2) is 9.33. The van der Waals surface area contributed by atoms with Gasteiger partial charge in [-0.05, 0) is 55.2 Å². The number of methoxy groups -OCH3 is 1. The molecule has 0 fully saturated rings. The molecule has 1 amide bonds. The van der Waals surface area contributed by atoms with Crippen LogP contribution < -0.4 is 15.7 Å². The summed E-state index contributed by atoms with van der Waals surface area (Å²) in [6.45, 7) is 2.31. The van der Waals surface area contributed by atoms with Crippen molar-refractivity contribution in [3.63, 3.8) is 0 Å². The van der Waals surface area contributed by atoms with E-state index in [0.717, 1.165) is 16.5 Å². The van der Waals surface area contributed by atoms with Gasteiger partial charge in [-0.25, -0.2) is 4.79 Å². The monoisotopic (exact) mass is 433 g/mol. The number of carbonyl (C=O) groups excluding carboxylic acids is 1. The highest BCUT2D eigenvalue weighted by molar-refractivity contribution is 6.35. The number of benzene rings is 2. The third kappa shape index (κ3) is 5.11. The third-order valence-electron chi connectivity index (χ3n) is 4.83. The predicted octanol–water partition coefficient (Wildman–Crippen LogP) is 4.71. The van der Waals surface area contributed by atoms with Crippen molar-refractivity contribution in [3.8, 4) is 5.75 Å². The van der Waals surface area contributed by atoms with Gasteiger partial charge in [0.25, 0.3) is 0 Å². The van der Waals surface area contributed by atoms with Crippen molar-refractivity contribution in [2.24, 2.45) is 0 Å². The molecule has 5 nitrogen and oxygen atoms in total. The van der Waals surface area contributed by atoms with Crippen molar-refractivity contribution in [1.29, 1.82) is 0 Å². The number of rotatable bonds is 7. The molecule has 152 valence electrons. The number of carbonyl (C=O) groups is 1. The molecule has 0 radical (unpaired) electrons. The maximum atomic E-state index is 12.4. The summed E-state index contributed by atoms with van der Waals surface area (Å²) in [5.41, 5.74) is 2.29. The smallest absolute Gasteiger partial charge is 0.339 e. The molecular weight excluding hydrogens is 413 g/mol. The van der Waals surface area contributed by atoms with Gasteiger partial charge in [0, 0.05) is 40.0 Å². The summed E-state index contributed by atoms with van der Waals surface area (Å²) >= 11 is 12.0. The Kier molecular flexibility index (Phi) is 6.83. The van der Waals surface area contributed by atoms with E-state index < -0.39 is 5.63 Å². The molecule has 0 saturated heterocycles. The summed E-state index contributed by atoms with van der Waals surface area (Å²) < 4.78 is 10.6. The molecule has 2 aromatic carbocycles. The Hall–Kier alpha value is -2.50. The van der Waals surface area contributed by atoms with Crippen LogP contribution in [0.15, 0.2) is 45.6 Å². The van der Waals surface area contributed by atoms with Crippen molar-refractivity contribution < 1.29 is 13.9 Å². The van der Waals surface area contributed by atoms with Gasteiger partial charge < -0.3 is 14.5 Å². The number of aryl methyl sites for hydroxylation is 1. The molecule has 0 aliphatic rings. The summed E-state index contributed by atoms with van der Waals surface area (Å²) in [7, 11) is 1.56. The van der Waals surface area contributed by atoms with Crippen LogP contribution in [-0.2, 0) is 17.6 Å². The SMILES string of the molecule is COc1ccc2c(C)c(CCC(=O)NCCc3ccc(Cl)cc3Cl)c(=O)oc2c1. The fourth-order valence-corrected chi connectivity index (χ4v) is 3.68. The molecule has 0 aliphatic carbocycles. The van der Waals surface area contributed by atoms with Gasteiger partial charge in [0.05, 0.1) is 7.11 Å². The molecule has 0 aliphatic heterocycles. The van der Waals surface area contributed by atoms with Crippen molar-refractivity contribution in [2.75, 3.05) is 13.7 Å². The van der Waals surface area contributed by atoms with Crippen molar-refractivity contribution in [3.05, 3.63) is 73.6 Å². The van der Waals surface area contributed by atoms with Gasteiger partial charge in [0.2, 0.25) is 5.91 Å². The molecule has 0 spiro atoms. The highest BCUT2D eigenvalue weighted by Crippen LogP contribution is 2.24. The molecule has 0 unspecified atom stereocenters. The van der Waals surface area contributed by atoms with Crippen LogP contribution in [-0.4, -0.2) is 19.6 Å². The van der Waals surface area contributed by atoms with Crippen LogP contribution in [0.1, 0.15) is 23.1 Å². The standard InChI is InChI=1S/C22H21Cl2NO4/c1-13-17-6-5-16(28-2)12-20(17)29-22(27)18(13)7-8-21(26)25-10-9-14-3-4-15(23)11-19(14)24/h3-6,11-12H,7-10H2,1-2H3,(H,25,26). The Morgan fingerprint density at radius 3 is 2.66 bits per heavy atom. The van der Waals surface area contributed by atoms with Gasteiger partial charge in [-0.2, -0.15) is 0 Å². The zero-order chi connectivity index (χ0) is 21.0. The summed E-state index contributed by atoms with van der Waals surface area (Å²) in [6.07, 6.45) is 1.10. The van der Waals surface area contributed by atoms with Gasteiger partial charge in [-0.1, -0.05) is 29.3 Å². The lowest BCUT2D eigenvalue weighted by atomic mass is 10.0. The van der Waals surface area contributed by atoms with Gasteiger partial charge in [-0.15, -0.1) is 0 Å². The van der Waals surface area contributed by atoms with Crippen LogP contribution in [0.4, 0.5) is 0 Å². The molecule has 1 aromatic heterocycles. The number of hydrogen-bond acceptors (Lipinski definition) is 4. The maximum Gasteiger partial charge on any atom is 0.339 e. The molecule has 3 aromatic rings. The highest BCUT2D eigenvalue weighted by Gasteiger charge is 2.13. The molecule has 0 saturated carbocycles. The van der Waals surface area contributed by atoms with E-state index in [1.165, 1.54) is 0 Å². The first-order chi connectivity index (χ1) is 13.9. The molecular formula is C22H21Cl2NO4. The van der Waals surface area contributed by atoms with E-state index in [9.17, 15) is 9.59 Å². The molecule has 7 heteroatoms. The summed E-state index contributed by atoms with van der Waals surface area (Å²) in [5, 5.41) is 4.84. The summed E-state index contributed by atoms with van der Waals surface area (Å²) in [6, 6.07) is 10.6. The Balaban J connectivity index is 1.61. The van der Waals surface area contributed by atoms with E-state index in [1.54, 1.807) is 25.3 Å². The first-order valence-corrected chi connectivity index (χ1v) is 9.95. The van der Waals surface area contributed by atoms with E-state index in [-0.39, 0.29) is 12.3 Å². The van der Waals surface area contributed by atoms with Gasteiger partial charge in [-0.3, -0.25) is 4.79 Å². The average Bonchev–Trinajstić information content (AvgIpc) is 2.69. The lowest BCUT2D eigenvalue weighted by Crippen LogP contribution is -2.26. The average molecular weight is 434 g/mol. The second-order valence-electron chi connectivity index (χ2n) is 6.69. The lowest BCUT2D eigenvalue weighted by molar-refractivity contribution is -0.121. The molecule has 3 rings (SSSR count). The van der Waals surface area contributed by atoms with E-state index in [4.69, 9.17) is 32.4 Å². The minimum absolute atomic E-state index is 0.135. The minimum atomic E-state index is -0.427. The topological polar surface area (TPSA) is 68.5 Å². The summed E-state index contributed by atoms with van der Waals surface area (Å²) in [4.78, 5) is 24.6. The normalized spacial score (nSPS) is 10.9. The van der Waals surface area contributed by atoms with Gasteiger partial charge in [0.15, 0.2) is 0 Å². The van der Waals surface area contributed by atoms with E-state index >= 15 is 0 Å². The van der Waals surface area contributed by atoms with Gasteiger partial charge >= 0.3 is 5.63 Å². The fourth-order valence-electron chi connectivity index (χ4n) is 3.18. The van der Waals surface area contributed by atoms with Crippen LogP contribution in [0.2, 0.25) is 10.0 Å². The zero-order valence-electron chi connectivity index (χ0n) is 16.2. The van der Waals surface area contributed by atoms with Crippen molar-refractivity contribution >= 4 is 40.1 Å². The Morgan fingerprint density at radius 2 is 1.93 bits per heavy atom. The van der Waals surface area contributed by atoms with Crippen molar-refractivity contribution in [2.45, 2.75) is 26.2 Å². The number of ether oxygens (including phenoxy) is 1. The van der Waals surface area contributed by atoms with Crippen LogP contribution in [0.25, 0.3) is 11.0 Å². The van der Waals surface area contributed by atoms with E-state index in [0.29, 0.717) is 46.3 Å². The number of nitrogens with one attached hydrogen (secondary N) is 1. The first kappa shape index (κ1) is 21.2. The third-order valence-corrected chi connectivity index (χ3v) is 5.42. The molecule has 1 N–H and O–H groups in total. The second-order valence-corrected chi connectivity index (χ2v) is 7.53. The van der Waals surface area contributed by atoms with Crippen LogP contribution in [0.5, 0.6) is 5.75 Å². The van der Waals surface area contributed by atoms with E-state index in [2.05, 4.69) is 5.32 Å². The Bertz CT molecular complexity index is 1110. The number of amides is 1. The molecule has 1 heterocycles.